The van der Waals surface area contributed by atoms with Crippen LogP contribution in [0.3, 0.4) is 0 Å². The third kappa shape index (κ3) is 11.8. The third-order valence-corrected chi connectivity index (χ3v) is 22.4. The van der Waals surface area contributed by atoms with Crippen LogP contribution >= 0.6 is 0 Å². The Balaban J connectivity index is 1.67. The monoisotopic (exact) mass is 677 g/mol. The van der Waals surface area contributed by atoms with Gasteiger partial charge in [-0.1, -0.05) is 77.7 Å². The van der Waals surface area contributed by atoms with Crippen LogP contribution in [0.2, 0.25) is 55.9 Å². The van der Waals surface area contributed by atoms with Crippen molar-refractivity contribution in [2.45, 2.75) is 213 Å². The smallest absolute Gasteiger partial charge is 0.192 e. The van der Waals surface area contributed by atoms with E-state index in [4.69, 9.17) is 13.3 Å². The summed E-state index contributed by atoms with van der Waals surface area (Å²) in [5.41, 5.74) is 3.84. The number of hydrogen-bond acceptors (Lipinski definition) is 3. The van der Waals surface area contributed by atoms with Crippen molar-refractivity contribution in [2.24, 2.45) is 11.3 Å². The van der Waals surface area contributed by atoms with E-state index < -0.39 is 25.0 Å². The van der Waals surface area contributed by atoms with Crippen LogP contribution in [0.4, 0.5) is 0 Å². The van der Waals surface area contributed by atoms with Crippen LogP contribution in [0, 0.1) is 11.3 Å². The Morgan fingerprint density at radius 1 is 0.756 bits per heavy atom. The maximum absolute atomic E-state index is 7.07. The average Bonchev–Trinajstić information content (AvgIpc) is 3.20. The van der Waals surface area contributed by atoms with E-state index in [-0.39, 0.29) is 27.9 Å². The Morgan fingerprint density at radius 3 is 1.80 bits per heavy atom. The molecular formula is C39H76O3Si3. The normalized spacial score (nSPS) is 28.7. The molecule has 1 spiro atoms. The van der Waals surface area contributed by atoms with Gasteiger partial charge in [0.15, 0.2) is 25.0 Å². The molecule has 0 heterocycles. The molecule has 3 rings (SSSR count). The Bertz CT molecular complexity index is 999. The average molecular weight is 677 g/mol. The third-order valence-electron chi connectivity index (χ3n) is 12.2. The Labute approximate surface area is 284 Å². The molecule has 3 aliphatic rings. The Hall–Kier alpha value is 0.0106. The van der Waals surface area contributed by atoms with Crippen LogP contribution in [0.5, 0.6) is 0 Å². The van der Waals surface area contributed by atoms with Crippen molar-refractivity contribution in [3.63, 3.8) is 0 Å². The zero-order valence-corrected chi connectivity index (χ0v) is 35.8. The second kappa shape index (κ2) is 14.5. The highest BCUT2D eigenvalue weighted by molar-refractivity contribution is 6.74. The van der Waals surface area contributed by atoms with Crippen LogP contribution in [0.1, 0.15) is 139 Å². The Kier molecular flexibility index (Phi) is 12.7. The van der Waals surface area contributed by atoms with Gasteiger partial charge < -0.3 is 13.3 Å². The second-order valence-corrected chi connectivity index (χ2v) is 34.2. The molecule has 45 heavy (non-hydrogen) atoms. The predicted molar refractivity (Wildman–Crippen MR) is 205 cm³/mol. The summed E-state index contributed by atoms with van der Waals surface area (Å²) < 4.78 is 20.6. The lowest BCUT2D eigenvalue weighted by atomic mass is 9.70. The van der Waals surface area contributed by atoms with Crippen molar-refractivity contribution in [1.82, 2.24) is 0 Å². The summed E-state index contributed by atoms with van der Waals surface area (Å²) in [6, 6.07) is 0. The van der Waals surface area contributed by atoms with Crippen molar-refractivity contribution < 1.29 is 13.3 Å². The maximum Gasteiger partial charge on any atom is 0.192 e. The molecule has 0 aromatic heterocycles. The van der Waals surface area contributed by atoms with Gasteiger partial charge in [0.05, 0.1) is 17.8 Å². The fraction of sp³-hybridized carbons (Fsp3) is 0.897. The van der Waals surface area contributed by atoms with Crippen molar-refractivity contribution in [3.05, 3.63) is 23.3 Å². The zero-order valence-electron chi connectivity index (χ0n) is 32.8. The van der Waals surface area contributed by atoms with Gasteiger partial charge in [0.1, 0.15) is 0 Å². The van der Waals surface area contributed by atoms with E-state index in [2.05, 4.69) is 113 Å². The van der Waals surface area contributed by atoms with E-state index in [9.17, 15) is 0 Å². The molecule has 0 saturated heterocycles. The van der Waals surface area contributed by atoms with Crippen LogP contribution in [-0.2, 0) is 13.3 Å². The van der Waals surface area contributed by atoms with Gasteiger partial charge in [0, 0.05) is 0 Å². The second-order valence-electron chi connectivity index (χ2n) is 20.3. The lowest BCUT2D eigenvalue weighted by Gasteiger charge is -2.45. The molecule has 0 aromatic rings. The van der Waals surface area contributed by atoms with E-state index in [1.807, 2.05) is 0 Å². The van der Waals surface area contributed by atoms with Gasteiger partial charge in [0.25, 0.3) is 0 Å². The molecular weight excluding hydrogens is 601 g/mol. The van der Waals surface area contributed by atoms with Gasteiger partial charge in [-0.05, 0) is 152 Å². The molecule has 3 aliphatic carbocycles. The molecule has 0 unspecified atom stereocenters. The molecule has 6 heteroatoms. The van der Waals surface area contributed by atoms with E-state index in [0.717, 1.165) is 25.2 Å². The summed E-state index contributed by atoms with van der Waals surface area (Å²) in [5.74, 6) is 0.908. The standard InChI is InChI=1S/C39H76O3Si3/c1-36(2,3)44(12,13)40-34-26-33(27-35(28-34)41-45(14,15)37(4,5)6)21-20-31-19-17-24-39(29-31)25-22-32(30-39)18-16-23-38(7,8)42-43(9,10)11/h20-21,32,34-35H,16-19,22-30H2,1-15H3/b31-20+/t32-,34-,35-,39+/m1/s1. The number of allylic oxidation sites excluding steroid dienone is 3. The molecule has 262 valence electrons. The lowest BCUT2D eigenvalue weighted by molar-refractivity contribution is 0.0725. The summed E-state index contributed by atoms with van der Waals surface area (Å²) in [7, 11) is -5.21. The highest BCUT2D eigenvalue weighted by atomic mass is 28.4. The minimum atomic E-state index is -1.85. The molecule has 3 fully saturated rings. The highest BCUT2D eigenvalue weighted by Gasteiger charge is 2.44. The first-order chi connectivity index (χ1) is 20.3. The van der Waals surface area contributed by atoms with Gasteiger partial charge in [-0.25, -0.2) is 0 Å². The molecule has 0 N–H and O–H groups in total. The predicted octanol–water partition coefficient (Wildman–Crippen LogP) is 13.0. The molecule has 0 bridgehead atoms. The van der Waals surface area contributed by atoms with Crippen molar-refractivity contribution in [3.8, 4) is 0 Å². The molecule has 0 radical (unpaired) electrons. The molecule has 4 atom stereocenters. The summed E-state index contributed by atoms with van der Waals surface area (Å²) in [6.07, 6.45) is 22.4. The van der Waals surface area contributed by atoms with E-state index in [0.29, 0.717) is 5.41 Å². The molecule has 0 aromatic carbocycles. The fourth-order valence-corrected chi connectivity index (χ4v) is 12.5. The molecule has 0 aliphatic heterocycles. The summed E-state index contributed by atoms with van der Waals surface area (Å²) >= 11 is 0. The van der Waals surface area contributed by atoms with E-state index >= 15 is 0 Å². The topological polar surface area (TPSA) is 27.7 Å². The minimum absolute atomic E-state index is 0.0254. The maximum atomic E-state index is 7.07. The molecule has 0 amide bonds. The fourth-order valence-electron chi connectivity index (χ4n) is 8.01. The Morgan fingerprint density at radius 2 is 1.29 bits per heavy atom. The van der Waals surface area contributed by atoms with Crippen LogP contribution in [0.15, 0.2) is 23.3 Å². The van der Waals surface area contributed by atoms with Gasteiger partial charge in [0.2, 0.25) is 0 Å². The highest BCUT2D eigenvalue weighted by Crippen LogP contribution is 2.54. The van der Waals surface area contributed by atoms with Crippen molar-refractivity contribution in [2.75, 3.05) is 0 Å². The number of rotatable bonds is 11. The first-order valence-corrected chi connectivity index (χ1v) is 28.0. The number of hydrogen-bond donors (Lipinski definition) is 0. The van der Waals surface area contributed by atoms with Gasteiger partial charge in [-0.15, -0.1) is 0 Å². The van der Waals surface area contributed by atoms with Gasteiger partial charge >= 0.3 is 0 Å². The first-order valence-electron chi connectivity index (χ1n) is 18.7. The zero-order chi connectivity index (χ0) is 34.1. The van der Waals surface area contributed by atoms with E-state index in [1.54, 1.807) is 11.1 Å². The van der Waals surface area contributed by atoms with E-state index in [1.165, 1.54) is 64.2 Å². The summed E-state index contributed by atoms with van der Waals surface area (Å²) in [6.45, 7) is 35.4. The van der Waals surface area contributed by atoms with Gasteiger partial charge in [-0.3, -0.25) is 0 Å². The lowest BCUT2D eigenvalue weighted by Crippen LogP contribution is -2.48. The van der Waals surface area contributed by atoms with Gasteiger partial charge in [-0.2, -0.15) is 0 Å². The quantitative estimate of drug-likeness (QED) is 0.204. The summed E-state index contributed by atoms with van der Waals surface area (Å²) in [5, 5.41) is 0.444. The SMILES string of the molecule is CC(C)(CCC[C@@H]1CC[C@]2(CCC/C(=C\C=C3C[C@@H](O[Si](C)(C)C(C)(C)C)C[C@H](O[Si](C)(C)C(C)(C)C)C3)C2)C1)O[Si](C)(C)C. The van der Waals surface area contributed by atoms with Crippen LogP contribution in [0.25, 0.3) is 0 Å². The molecule has 3 saturated carbocycles. The minimum Gasteiger partial charge on any atom is -0.414 e. The largest absolute Gasteiger partial charge is 0.414 e. The van der Waals surface area contributed by atoms with Crippen molar-refractivity contribution >= 4 is 25.0 Å². The first kappa shape index (κ1) is 39.4. The van der Waals surface area contributed by atoms with Crippen LogP contribution in [-0.4, -0.2) is 42.8 Å². The van der Waals surface area contributed by atoms with Crippen molar-refractivity contribution in [1.29, 1.82) is 0 Å². The van der Waals surface area contributed by atoms with Crippen LogP contribution < -0.4 is 0 Å². The molecule has 3 nitrogen and oxygen atoms in total. The summed E-state index contributed by atoms with van der Waals surface area (Å²) in [4.78, 5) is 0.